The second-order valence-electron chi connectivity index (χ2n) is 6.60. The fraction of sp³-hybridized carbons (Fsp3) is 0.611. The second-order valence-corrected chi connectivity index (χ2v) is 8.47. The van der Waals surface area contributed by atoms with Gasteiger partial charge in [-0.15, -0.1) is 0 Å². The molecule has 2 atom stereocenters. The summed E-state index contributed by atoms with van der Waals surface area (Å²) in [5.41, 5.74) is -1.26. The number of alkyl halides is 1. The summed E-state index contributed by atoms with van der Waals surface area (Å²) >= 11 is 0. The Labute approximate surface area is 154 Å². The van der Waals surface area contributed by atoms with E-state index in [9.17, 15) is 13.2 Å². The molecule has 0 bridgehead atoms. The Balaban J connectivity index is 2.02. The monoisotopic (exact) mass is 386 g/mol. The number of benzene rings is 1. The third kappa shape index (κ3) is 5.41. The van der Waals surface area contributed by atoms with E-state index in [0.717, 1.165) is 0 Å². The van der Waals surface area contributed by atoms with Gasteiger partial charge in [0.15, 0.2) is 5.67 Å². The lowest BCUT2D eigenvalue weighted by atomic mass is 9.91. The van der Waals surface area contributed by atoms with Gasteiger partial charge in [0.05, 0.1) is 18.3 Å². The Morgan fingerprint density at radius 1 is 1.35 bits per heavy atom. The van der Waals surface area contributed by atoms with E-state index in [1.54, 1.807) is 31.2 Å². The Bertz CT molecular complexity index is 708. The van der Waals surface area contributed by atoms with Gasteiger partial charge >= 0.3 is 0 Å². The minimum Gasteiger partial charge on any atom is -0.492 e. The molecule has 1 aliphatic rings. The highest BCUT2D eigenvalue weighted by Gasteiger charge is 2.46. The van der Waals surface area contributed by atoms with Crippen LogP contribution in [-0.2, 0) is 20.5 Å². The number of amides is 1. The molecule has 1 aliphatic carbocycles. The van der Waals surface area contributed by atoms with Crippen molar-refractivity contribution in [1.82, 2.24) is 10.0 Å². The number of carbonyl (C=O) groups excluding carboxylic acids is 1. The van der Waals surface area contributed by atoms with E-state index in [1.165, 1.54) is 6.92 Å². The van der Waals surface area contributed by atoms with Crippen molar-refractivity contribution < 1.29 is 22.3 Å². The van der Waals surface area contributed by atoms with Crippen LogP contribution in [0.4, 0.5) is 4.39 Å². The number of ether oxygens (including phenoxy) is 1. The van der Waals surface area contributed by atoms with Gasteiger partial charge in [-0.25, -0.2) is 17.5 Å². The third-order valence-corrected chi connectivity index (χ3v) is 6.05. The normalized spacial score (nSPS) is 23.0. The Morgan fingerprint density at radius 3 is 2.65 bits per heavy atom. The Morgan fingerprint density at radius 2 is 2.04 bits per heavy atom. The number of hydrogen-bond donors (Lipinski definition) is 2. The molecule has 2 rings (SSSR count). The molecule has 1 saturated carbocycles. The first-order chi connectivity index (χ1) is 12.3. The maximum absolute atomic E-state index is 15.6. The molecule has 6 nitrogen and oxygen atoms in total. The lowest BCUT2D eigenvalue weighted by Gasteiger charge is -2.28. The van der Waals surface area contributed by atoms with E-state index in [1.807, 2.05) is 0 Å². The first-order valence-corrected chi connectivity index (χ1v) is 10.6. The van der Waals surface area contributed by atoms with Crippen LogP contribution >= 0.6 is 0 Å². The molecule has 2 N–H and O–H groups in total. The van der Waals surface area contributed by atoms with Crippen LogP contribution in [0.15, 0.2) is 24.3 Å². The van der Waals surface area contributed by atoms with Crippen LogP contribution < -0.4 is 14.8 Å². The van der Waals surface area contributed by atoms with Gasteiger partial charge in [0, 0.05) is 6.92 Å². The number of sulfonamides is 1. The van der Waals surface area contributed by atoms with Crippen LogP contribution in [-0.4, -0.2) is 39.3 Å². The van der Waals surface area contributed by atoms with Gasteiger partial charge in [-0.05, 0) is 43.4 Å². The molecule has 0 radical (unpaired) electrons. The lowest BCUT2D eigenvalue weighted by molar-refractivity contribution is -0.119. The summed E-state index contributed by atoms with van der Waals surface area (Å²) in [6, 6.07) is 5.87. The maximum Gasteiger partial charge on any atom is 0.216 e. The van der Waals surface area contributed by atoms with Crippen molar-refractivity contribution >= 4 is 15.9 Å². The molecular formula is C18H27FN2O4S. The van der Waals surface area contributed by atoms with Crippen LogP contribution in [0.1, 0.15) is 45.1 Å². The highest BCUT2D eigenvalue weighted by atomic mass is 32.2. The van der Waals surface area contributed by atoms with Gasteiger partial charge in [0.25, 0.3) is 0 Å². The van der Waals surface area contributed by atoms with Crippen molar-refractivity contribution in [2.75, 3.05) is 18.9 Å². The molecule has 0 aromatic heterocycles. The molecule has 0 aliphatic heterocycles. The van der Waals surface area contributed by atoms with Crippen molar-refractivity contribution in [3.63, 3.8) is 0 Å². The molecule has 26 heavy (non-hydrogen) atoms. The molecule has 1 aromatic rings. The summed E-state index contributed by atoms with van der Waals surface area (Å²) in [6.07, 6.45) is 1.89. The minimum atomic E-state index is -3.47. The Kier molecular flexibility index (Phi) is 7.00. The zero-order valence-corrected chi connectivity index (χ0v) is 16.1. The summed E-state index contributed by atoms with van der Waals surface area (Å²) in [5.74, 6) is 0.450. The second kappa shape index (κ2) is 8.81. The van der Waals surface area contributed by atoms with Gasteiger partial charge in [-0.3, -0.25) is 4.79 Å². The van der Waals surface area contributed by atoms with Crippen molar-refractivity contribution in [3.05, 3.63) is 29.8 Å². The van der Waals surface area contributed by atoms with E-state index in [0.29, 0.717) is 43.7 Å². The summed E-state index contributed by atoms with van der Waals surface area (Å²) in [7, 11) is -3.47. The van der Waals surface area contributed by atoms with Crippen LogP contribution in [0.3, 0.4) is 0 Å². The third-order valence-electron chi connectivity index (χ3n) is 4.46. The van der Waals surface area contributed by atoms with E-state index in [2.05, 4.69) is 10.0 Å². The van der Waals surface area contributed by atoms with Gasteiger partial charge in [0.1, 0.15) is 12.4 Å². The molecule has 146 valence electrons. The maximum atomic E-state index is 15.6. The molecule has 0 heterocycles. The first-order valence-electron chi connectivity index (χ1n) is 8.93. The number of rotatable bonds is 9. The van der Waals surface area contributed by atoms with E-state index < -0.39 is 21.7 Å². The minimum absolute atomic E-state index is 0.000651. The quantitative estimate of drug-likeness (QED) is 0.638. The fourth-order valence-electron chi connectivity index (χ4n) is 3.23. The SMILES string of the molecule is CCCS(=O)(=O)NC1CCCC1(F)c1ccc(OCCNC(C)=O)cc1. The summed E-state index contributed by atoms with van der Waals surface area (Å²) < 4.78 is 47.7. The average Bonchev–Trinajstić information content (AvgIpc) is 2.93. The standard InChI is InChI=1S/C18H27FN2O4S/c1-3-13-26(23,24)21-17-5-4-10-18(17,19)15-6-8-16(9-7-15)25-12-11-20-14(2)22/h6-9,17,21H,3-5,10-13H2,1-2H3,(H,20,22). The van der Waals surface area contributed by atoms with Gasteiger partial charge in [-0.2, -0.15) is 0 Å². The average molecular weight is 386 g/mol. The molecule has 1 amide bonds. The zero-order chi connectivity index (χ0) is 19.2. The van der Waals surface area contributed by atoms with Crippen molar-refractivity contribution in [2.45, 2.75) is 51.2 Å². The van der Waals surface area contributed by atoms with Crippen LogP contribution in [0.5, 0.6) is 5.75 Å². The van der Waals surface area contributed by atoms with Gasteiger partial charge in [-0.1, -0.05) is 19.1 Å². The molecule has 1 aromatic carbocycles. The largest absolute Gasteiger partial charge is 0.492 e. The lowest BCUT2D eigenvalue weighted by Crippen LogP contribution is -2.45. The predicted molar refractivity (Wildman–Crippen MR) is 98.3 cm³/mol. The number of halogens is 1. The number of nitrogens with one attached hydrogen (secondary N) is 2. The van der Waals surface area contributed by atoms with Crippen LogP contribution in [0.25, 0.3) is 0 Å². The molecule has 8 heteroatoms. The van der Waals surface area contributed by atoms with Crippen molar-refractivity contribution in [1.29, 1.82) is 0 Å². The highest BCUT2D eigenvalue weighted by Crippen LogP contribution is 2.43. The van der Waals surface area contributed by atoms with Crippen molar-refractivity contribution in [2.24, 2.45) is 0 Å². The molecule has 1 fully saturated rings. The van der Waals surface area contributed by atoms with Gasteiger partial charge in [0.2, 0.25) is 15.9 Å². The highest BCUT2D eigenvalue weighted by molar-refractivity contribution is 7.89. The van der Waals surface area contributed by atoms with Crippen LogP contribution in [0.2, 0.25) is 0 Å². The summed E-state index contributed by atoms with van der Waals surface area (Å²) in [4.78, 5) is 10.8. The smallest absolute Gasteiger partial charge is 0.216 e. The van der Waals surface area contributed by atoms with E-state index in [-0.39, 0.29) is 18.1 Å². The topological polar surface area (TPSA) is 84.5 Å². The number of carbonyl (C=O) groups is 1. The summed E-state index contributed by atoms with van der Waals surface area (Å²) in [6.45, 7) is 3.92. The Hall–Kier alpha value is -1.67. The zero-order valence-electron chi connectivity index (χ0n) is 15.3. The molecular weight excluding hydrogens is 359 g/mol. The molecule has 0 saturated heterocycles. The van der Waals surface area contributed by atoms with Crippen LogP contribution in [0, 0.1) is 0 Å². The first kappa shape index (κ1) is 20.6. The van der Waals surface area contributed by atoms with E-state index in [4.69, 9.17) is 4.74 Å². The number of hydrogen-bond acceptors (Lipinski definition) is 4. The molecule has 2 unspecified atom stereocenters. The fourth-order valence-corrected chi connectivity index (χ4v) is 4.63. The van der Waals surface area contributed by atoms with Gasteiger partial charge < -0.3 is 10.1 Å². The van der Waals surface area contributed by atoms with Crippen molar-refractivity contribution in [3.8, 4) is 5.75 Å². The molecule has 0 spiro atoms. The predicted octanol–water partition coefficient (Wildman–Crippen LogP) is 2.25. The summed E-state index contributed by atoms with van der Waals surface area (Å²) in [5, 5.41) is 2.63. The van der Waals surface area contributed by atoms with E-state index >= 15 is 4.39 Å².